The van der Waals surface area contributed by atoms with Crippen molar-refractivity contribution >= 4 is 17.5 Å². The lowest BCUT2D eigenvalue weighted by molar-refractivity contribution is -0.133. The minimum absolute atomic E-state index is 0.0103. The third-order valence-electron chi connectivity index (χ3n) is 6.31. The monoisotopic (exact) mass is 408 g/mol. The van der Waals surface area contributed by atoms with Crippen molar-refractivity contribution < 1.29 is 9.59 Å². The Balaban J connectivity index is 1.54. The average molecular weight is 409 g/mol. The molecule has 0 saturated heterocycles. The predicted molar refractivity (Wildman–Crippen MR) is 115 cm³/mol. The summed E-state index contributed by atoms with van der Waals surface area (Å²) in [6.45, 7) is 1.84. The molecule has 30 heavy (non-hydrogen) atoms. The highest BCUT2D eigenvalue weighted by molar-refractivity contribution is 6.06. The lowest BCUT2D eigenvalue weighted by Gasteiger charge is -2.31. The van der Waals surface area contributed by atoms with Gasteiger partial charge in [-0.25, -0.2) is 4.68 Å². The van der Waals surface area contributed by atoms with Gasteiger partial charge in [0, 0.05) is 30.9 Å². The Morgan fingerprint density at radius 3 is 2.60 bits per heavy atom. The van der Waals surface area contributed by atoms with Gasteiger partial charge >= 0.3 is 0 Å². The number of carbonyl (C=O) groups excluding carboxylic acids is 2. The van der Waals surface area contributed by atoms with Crippen LogP contribution in [0.3, 0.4) is 0 Å². The first kappa shape index (κ1) is 20.3. The number of anilines is 1. The van der Waals surface area contributed by atoms with E-state index in [1.54, 1.807) is 16.8 Å². The van der Waals surface area contributed by atoms with Crippen molar-refractivity contribution in [2.45, 2.75) is 64.1 Å². The maximum atomic E-state index is 13.2. The zero-order valence-corrected chi connectivity index (χ0v) is 17.6. The Hall–Kier alpha value is -2.96. The molecule has 0 N–H and O–H groups in total. The topological polar surface area (TPSA) is 75.5 Å². The number of fused-ring (bicyclic) bond motifs is 1. The first-order valence-corrected chi connectivity index (χ1v) is 10.7. The van der Waals surface area contributed by atoms with Crippen molar-refractivity contribution in [2.75, 3.05) is 11.9 Å². The van der Waals surface area contributed by atoms with Gasteiger partial charge in [0.1, 0.15) is 12.2 Å². The highest BCUT2D eigenvalue weighted by Crippen LogP contribution is 2.32. The minimum Gasteiger partial charge on any atom is -0.341 e. The molecule has 1 aliphatic heterocycles. The van der Waals surface area contributed by atoms with Crippen LogP contribution < -0.4 is 10.5 Å². The molecule has 2 aliphatic rings. The smallest absolute Gasteiger partial charge is 0.278 e. The number of aromatic nitrogens is 2. The summed E-state index contributed by atoms with van der Waals surface area (Å²) in [6.07, 6.45) is 6.23. The fourth-order valence-corrected chi connectivity index (χ4v) is 4.59. The van der Waals surface area contributed by atoms with Crippen LogP contribution in [0.5, 0.6) is 0 Å². The van der Waals surface area contributed by atoms with Crippen molar-refractivity contribution in [1.29, 1.82) is 0 Å². The van der Waals surface area contributed by atoms with Crippen LogP contribution in [-0.4, -0.2) is 45.6 Å². The van der Waals surface area contributed by atoms with E-state index in [1.165, 1.54) is 18.6 Å². The number of nitrogens with zero attached hydrogens (tertiary/aromatic N) is 4. The zero-order valence-electron chi connectivity index (χ0n) is 17.6. The van der Waals surface area contributed by atoms with E-state index in [1.807, 2.05) is 31.2 Å². The molecule has 0 bridgehead atoms. The third kappa shape index (κ3) is 3.88. The molecule has 7 nitrogen and oxygen atoms in total. The van der Waals surface area contributed by atoms with Crippen molar-refractivity contribution in [1.82, 2.24) is 14.7 Å². The largest absolute Gasteiger partial charge is 0.341 e. The second-order valence-electron chi connectivity index (χ2n) is 8.37. The molecule has 1 aromatic carbocycles. The van der Waals surface area contributed by atoms with Gasteiger partial charge in [-0.15, -0.1) is 0 Å². The van der Waals surface area contributed by atoms with Gasteiger partial charge in [-0.3, -0.25) is 14.4 Å². The second-order valence-corrected chi connectivity index (χ2v) is 8.37. The second kappa shape index (κ2) is 8.42. The molecule has 2 aromatic rings. The molecule has 2 heterocycles. The fraction of sp³-hybridized carbons (Fsp3) is 0.478. The number of para-hydroxylation sites is 1. The van der Waals surface area contributed by atoms with Gasteiger partial charge in [0.05, 0.1) is 0 Å². The highest BCUT2D eigenvalue weighted by Gasteiger charge is 2.32. The molecule has 158 valence electrons. The average Bonchev–Trinajstić information content (AvgIpc) is 3.10. The number of rotatable bonds is 4. The lowest BCUT2D eigenvalue weighted by atomic mass is 9.94. The summed E-state index contributed by atoms with van der Waals surface area (Å²) in [5.41, 5.74) is 1.79. The molecule has 2 amide bonds. The number of amides is 2. The molecule has 7 heteroatoms. The molecule has 1 aromatic heterocycles. The Morgan fingerprint density at radius 1 is 1.10 bits per heavy atom. The molecule has 1 unspecified atom stereocenters. The predicted octanol–water partition coefficient (Wildman–Crippen LogP) is 2.63. The number of carbonyl (C=O) groups is 2. The third-order valence-corrected chi connectivity index (χ3v) is 6.31. The molecule has 1 fully saturated rings. The van der Waals surface area contributed by atoms with E-state index in [9.17, 15) is 14.4 Å². The van der Waals surface area contributed by atoms with E-state index in [-0.39, 0.29) is 41.7 Å². The lowest BCUT2D eigenvalue weighted by Crippen LogP contribution is -2.42. The summed E-state index contributed by atoms with van der Waals surface area (Å²) >= 11 is 0. The first-order valence-electron chi connectivity index (χ1n) is 10.7. The molecule has 0 radical (unpaired) electrons. The molecular weight excluding hydrogens is 380 g/mol. The van der Waals surface area contributed by atoms with E-state index >= 15 is 0 Å². The molecule has 1 saturated carbocycles. The van der Waals surface area contributed by atoms with Crippen molar-refractivity contribution in [3.8, 4) is 0 Å². The normalized spacial score (nSPS) is 18.9. The van der Waals surface area contributed by atoms with Crippen LogP contribution in [0, 0.1) is 0 Å². The standard InChI is InChI=1S/C23H28N4O3/c1-16-14-17-8-6-7-11-20(17)27(16)23(30)19-12-13-21(28)26(24-19)15-22(29)25(2)18-9-4-3-5-10-18/h6-8,11-13,16,18H,3-5,9-10,14-15H2,1-2H3. The maximum Gasteiger partial charge on any atom is 0.278 e. The Labute approximate surface area is 176 Å². The van der Waals surface area contributed by atoms with E-state index < -0.39 is 0 Å². The zero-order chi connectivity index (χ0) is 21.3. The number of hydrogen-bond donors (Lipinski definition) is 0. The van der Waals surface area contributed by atoms with Gasteiger partial charge in [0.2, 0.25) is 5.91 Å². The van der Waals surface area contributed by atoms with Crippen LogP contribution in [0.4, 0.5) is 5.69 Å². The minimum atomic E-state index is -0.383. The molecule has 1 atom stereocenters. The van der Waals surface area contributed by atoms with Gasteiger partial charge in [-0.05, 0) is 43.9 Å². The van der Waals surface area contributed by atoms with Crippen LogP contribution in [0.1, 0.15) is 55.1 Å². The quantitative estimate of drug-likeness (QED) is 0.779. The summed E-state index contributed by atoms with van der Waals surface area (Å²) < 4.78 is 1.11. The van der Waals surface area contributed by atoms with Gasteiger partial charge < -0.3 is 9.80 Å². The van der Waals surface area contributed by atoms with Crippen LogP contribution in [0.15, 0.2) is 41.2 Å². The van der Waals surface area contributed by atoms with Crippen molar-refractivity contribution in [2.24, 2.45) is 0 Å². The SMILES string of the molecule is CC1Cc2ccccc2N1C(=O)c1ccc(=O)n(CC(=O)N(C)C2CCCCC2)n1. The summed E-state index contributed by atoms with van der Waals surface area (Å²) in [6, 6.07) is 10.8. The Kier molecular flexibility index (Phi) is 5.70. The van der Waals surface area contributed by atoms with E-state index in [0.717, 1.165) is 48.0 Å². The van der Waals surface area contributed by atoms with Gasteiger partial charge in [-0.2, -0.15) is 5.10 Å². The van der Waals surface area contributed by atoms with Crippen molar-refractivity contribution in [3.05, 3.63) is 58.0 Å². The summed E-state index contributed by atoms with van der Waals surface area (Å²) in [7, 11) is 1.79. The van der Waals surface area contributed by atoms with Crippen LogP contribution >= 0.6 is 0 Å². The van der Waals surface area contributed by atoms with E-state index in [4.69, 9.17) is 0 Å². The van der Waals surface area contributed by atoms with Crippen LogP contribution in [0.2, 0.25) is 0 Å². The summed E-state index contributed by atoms with van der Waals surface area (Å²) in [5, 5.41) is 4.26. The number of likely N-dealkylation sites (N-methyl/N-ethyl adjacent to an activating group) is 1. The Morgan fingerprint density at radius 2 is 1.83 bits per heavy atom. The fourth-order valence-electron chi connectivity index (χ4n) is 4.59. The molecule has 1 aliphatic carbocycles. The highest BCUT2D eigenvalue weighted by atomic mass is 16.2. The van der Waals surface area contributed by atoms with Gasteiger partial charge in [0.25, 0.3) is 11.5 Å². The summed E-state index contributed by atoms with van der Waals surface area (Å²) in [4.78, 5) is 41.7. The van der Waals surface area contributed by atoms with Crippen LogP contribution in [-0.2, 0) is 17.8 Å². The number of hydrogen-bond acceptors (Lipinski definition) is 4. The molecular formula is C23H28N4O3. The summed E-state index contributed by atoms with van der Waals surface area (Å²) in [5.74, 6) is -0.407. The maximum absolute atomic E-state index is 13.2. The Bertz CT molecular complexity index is 1010. The van der Waals surface area contributed by atoms with Gasteiger partial charge in [0.15, 0.2) is 0 Å². The number of benzene rings is 1. The molecule has 4 rings (SSSR count). The molecule has 0 spiro atoms. The first-order chi connectivity index (χ1) is 14.5. The van der Waals surface area contributed by atoms with Gasteiger partial charge in [-0.1, -0.05) is 37.5 Å². The van der Waals surface area contributed by atoms with E-state index in [0.29, 0.717) is 0 Å². The van der Waals surface area contributed by atoms with Crippen molar-refractivity contribution in [3.63, 3.8) is 0 Å². The van der Waals surface area contributed by atoms with E-state index in [2.05, 4.69) is 5.10 Å². The van der Waals surface area contributed by atoms with Crippen LogP contribution in [0.25, 0.3) is 0 Å².